The number of para-hydroxylation sites is 2. The molecule has 0 bridgehead atoms. The fourth-order valence-electron chi connectivity index (χ4n) is 2.98. The molecule has 0 aliphatic heterocycles. The first-order valence-corrected chi connectivity index (χ1v) is 8.01. The summed E-state index contributed by atoms with van der Waals surface area (Å²) in [4.78, 5) is 9.52. The Labute approximate surface area is 140 Å². The van der Waals surface area contributed by atoms with Gasteiger partial charge in [0.15, 0.2) is 5.65 Å². The summed E-state index contributed by atoms with van der Waals surface area (Å²) in [6.07, 6.45) is 0. The second kappa shape index (κ2) is 5.14. The monoisotopic (exact) mass is 317 g/mol. The van der Waals surface area contributed by atoms with Gasteiger partial charge >= 0.3 is 0 Å². The standard InChI is InChI=1S/C20H19N3O/c1-13-8-10-14(11-9-13)23-18(20(2,3)24)12-17-19(23)22-16-7-5-4-6-15(16)21-17/h4-12,24H,1-3H3. The highest BCUT2D eigenvalue weighted by Gasteiger charge is 2.25. The van der Waals surface area contributed by atoms with Crippen LogP contribution >= 0.6 is 0 Å². The molecule has 2 heterocycles. The molecule has 0 spiro atoms. The topological polar surface area (TPSA) is 50.9 Å². The van der Waals surface area contributed by atoms with E-state index in [1.165, 1.54) is 5.56 Å². The van der Waals surface area contributed by atoms with Gasteiger partial charge in [-0.3, -0.25) is 4.57 Å². The third-order valence-corrected chi connectivity index (χ3v) is 4.22. The lowest BCUT2D eigenvalue weighted by molar-refractivity contribution is 0.0724. The number of aromatic nitrogens is 3. The van der Waals surface area contributed by atoms with Crippen molar-refractivity contribution in [2.75, 3.05) is 0 Å². The summed E-state index contributed by atoms with van der Waals surface area (Å²) in [5.74, 6) is 0. The minimum atomic E-state index is -1.00. The lowest BCUT2D eigenvalue weighted by atomic mass is 10.1. The van der Waals surface area contributed by atoms with Gasteiger partial charge < -0.3 is 5.11 Å². The molecule has 4 rings (SSSR count). The van der Waals surface area contributed by atoms with Gasteiger partial charge in [0.05, 0.1) is 22.3 Å². The predicted molar refractivity (Wildman–Crippen MR) is 96.4 cm³/mol. The highest BCUT2D eigenvalue weighted by atomic mass is 16.3. The van der Waals surface area contributed by atoms with Gasteiger partial charge in [0.25, 0.3) is 0 Å². The first kappa shape index (κ1) is 14.8. The van der Waals surface area contributed by atoms with Crippen molar-refractivity contribution in [2.24, 2.45) is 0 Å². The molecule has 120 valence electrons. The first-order valence-electron chi connectivity index (χ1n) is 8.01. The second-order valence-electron chi connectivity index (χ2n) is 6.68. The molecule has 0 aliphatic rings. The lowest BCUT2D eigenvalue weighted by Gasteiger charge is -2.20. The van der Waals surface area contributed by atoms with Crippen LogP contribution in [0.25, 0.3) is 27.9 Å². The van der Waals surface area contributed by atoms with E-state index in [1.807, 2.05) is 47.0 Å². The smallest absolute Gasteiger partial charge is 0.164 e. The van der Waals surface area contributed by atoms with Crippen molar-refractivity contribution in [3.05, 3.63) is 65.9 Å². The van der Waals surface area contributed by atoms with E-state index in [1.54, 1.807) is 13.8 Å². The van der Waals surface area contributed by atoms with Gasteiger partial charge in [-0.15, -0.1) is 0 Å². The Morgan fingerprint density at radius 2 is 1.50 bits per heavy atom. The zero-order valence-corrected chi connectivity index (χ0v) is 14.0. The Kier molecular flexibility index (Phi) is 3.18. The van der Waals surface area contributed by atoms with E-state index in [2.05, 4.69) is 19.1 Å². The Morgan fingerprint density at radius 3 is 2.12 bits per heavy atom. The maximum absolute atomic E-state index is 10.6. The SMILES string of the molecule is Cc1ccc(-n2c(C(C)(C)O)cc3nc4ccccc4nc32)cc1. The Hall–Kier alpha value is -2.72. The second-order valence-corrected chi connectivity index (χ2v) is 6.68. The molecular weight excluding hydrogens is 298 g/mol. The quantitative estimate of drug-likeness (QED) is 0.605. The number of benzene rings is 2. The van der Waals surface area contributed by atoms with Crippen LogP contribution in [-0.2, 0) is 5.60 Å². The predicted octanol–water partition coefficient (Wildman–Crippen LogP) is 4.11. The molecule has 0 aliphatic carbocycles. The van der Waals surface area contributed by atoms with E-state index >= 15 is 0 Å². The summed E-state index contributed by atoms with van der Waals surface area (Å²) in [5, 5.41) is 10.6. The minimum absolute atomic E-state index is 0.759. The minimum Gasteiger partial charge on any atom is -0.384 e. The van der Waals surface area contributed by atoms with Crippen LogP contribution in [0.2, 0.25) is 0 Å². The van der Waals surface area contributed by atoms with E-state index in [0.717, 1.165) is 33.6 Å². The Morgan fingerprint density at radius 1 is 0.875 bits per heavy atom. The molecule has 1 N–H and O–H groups in total. The van der Waals surface area contributed by atoms with Gasteiger partial charge in [-0.05, 0) is 51.1 Å². The largest absolute Gasteiger partial charge is 0.384 e. The van der Waals surface area contributed by atoms with Crippen molar-refractivity contribution in [3.8, 4) is 5.69 Å². The summed E-state index contributed by atoms with van der Waals surface area (Å²) < 4.78 is 1.99. The summed E-state index contributed by atoms with van der Waals surface area (Å²) in [6, 6.07) is 18.0. The van der Waals surface area contributed by atoms with E-state index in [9.17, 15) is 5.11 Å². The van der Waals surface area contributed by atoms with Crippen molar-refractivity contribution in [1.29, 1.82) is 0 Å². The van der Waals surface area contributed by atoms with Crippen molar-refractivity contribution in [1.82, 2.24) is 14.5 Å². The van der Waals surface area contributed by atoms with E-state index in [-0.39, 0.29) is 0 Å². The molecule has 0 atom stereocenters. The van der Waals surface area contributed by atoms with Crippen molar-refractivity contribution in [2.45, 2.75) is 26.4 Å². The molecule has 24 heavy (non-hydrogen) atoms. The number of aryl methyl sites for hydroxylation is 1. The van der Waals surface area contributed by atoms with Crippen molar-refractivity contribution >= 4 is 22.2 Å². The molecule has 4 nitrogen and oxygen atoms in total. The van der Waals surface area contributed by atoms with Crippen LogP contribution in [0, 0.1) is 6.92 Å². The average molecular weight is 317 g/mol. The third kappa shape index (κ3) is 2.36. The summed E-state index contributed by atoms with van der Waals surface area (Å²) in [5.41, 5.74) is 5.18. The number of nitrogens with zero attached hydrogens (tertiary/aromatic N) is 3. The molecule has 2 aromatic heterocycles. The molecular formula is C20H19N3O. The summed E-state index contributed by atoms with van der Waals surface area (Å²) in [7, 11) is 0. The molecule has 0 saturated carbocycles. The van der Waals surface area contributed by atoms with Crippen LogP contribution in [0.4, 0.5) is 0 Å². The van der Waals surface area contributed by atoms with Gasteiger partial charge in [-0.2, -0.15) is 0 Å². The number of fused-ring (bicyclic) bond motifs is 2. The zero-order valence-electron chi connectivity index (χ0n) is 14.0. The van der Waals surface area contributed by atoms with Crippen molar-refractivity contribution < 1.29 is 5.11 Å². The van der Waals surface area contributed by atoms with Crippen LogP contribution in [0.3, 0.4) is 0 Å². The van der Waals surface area contributed by atoms with Crippen LogP contribution in [-0.4, -0.2) is 19.6 Å². The Bertz CT molecular complexity index is 1040. The van der Waals surface area contributed by atoms with Gasteiger partial charge in [0.1, 0.15) is 5.52 Å². The molecule has 0 amide bonds. The van der Waals surface area contributed by atoms with E-state index < -0.39 is 5.60 Å². The third-order valence-electron chi connectivity index (χ3n) is 4.22. The first-order chi connectivity index (χ1) is 11.4. The van der Waals surface area contributed by atoms with Gasteiger partial charge in [0, 0.05) is 5.69 Å². The van der Waals surface area contributed by atoms with Crippen LogP contribution < -0.4 is 0 Å². The summed E-state index contributed by atoms with van der Waals surface area (Å²) in [6.45, 7) is 5.62. The van der Waals surface area contributed by atoms with Crippen molar-refractivity contribution in [3.63, 3.8) is 0 Å². The van der Waals surface area contributed by atoms with E-state index in [0.29, 0.717) is 0 Å². The normalized spacial score (nSPS) is 12.2. The molecule has 0 saturated heterocycles. The number of hydrogen-bond acceptors (Lipinski definition) is 3. The Balaban J connectivity index is 2.10. The fourth-order valence-corrected chi connectivity index (χ4v) is 2.98. The fraction of sp³-hybridized carbons (Fsp3) is 0.200. The lowest BCUT2D eigenvalue weighted by Crippen LogP contribution is -2.20. The number of aliphatic hydroxyl groups is 1. The van der Waals surface area contributed by atoms with Crippen LogP contribution in [0.5, 0.6) is 0 Å². The van der Waals surface area contributed by atoms with E-state index in [4.69, 9.17) is 9.97 Å². The molecule has 0 fully saturated rings. The number of hydrogen-bond donors (Lipinski definition) is 1. The molecule has 2 aromatic carbocycles. The highest BCUT2D eigenvalue weighted by molar-refractivity contribution is 5.86. The number of rotatable bonds is 2. The maximum atomic E-state index is 10.6. The van der Waals surface area contributed by atoms with Gasteiger partial charge in [0.2, 0.25) is 0 Å². The maximum Gasteiger partial charge on any atom is 0.164 e. The average Bonchev–Trinajstić information content (AvgIpc) is 2.92. The zero-order chi connectivity index (χ0) is 16.9. The van der Waals surface area contributed by atoms with Crippen LogP contribution in [0.15, 0.2) is 54.6 Å². The highest BCUT2D eigenvalue weighted by Crippen LogP contribution is 2.30. The summed E-state index contributed by atoms with van der Waals surface area (Å²) >= 11 is 0. The molecule has 0 unspecified atom stereocenters. The molecule has 4 aromatic rings. The van der Waals surface area contributed by atoms with Crippen LogP contribution in [0.1, 0.15) is 25.1 Å². The van der Waals surface area contributed by atoms with Gasteiger partial charge in [-0.25, -0.2) is 9.97 Å². The molecule has 0 radical (unpaired) electrons. The molecule has 4 heteroatoms. The van der Waals surface area contributed by atoms with Gasteiger partial charge in [-0.1, -0.05) is 29.8 Å².